The number of benzene rings is 1. The normalized spacial score (nSPS) is 19.2. The van der Waals surface area contributed by atoms with Gasteiger partial charge in [-0.3, -0.25) is 4.79 Å². The van der Waals surface area contributed by atoms with E-state index in [4.69, 9.17) is 0 Å². The molecule has 0 atom stereocenters. The van der Waals surface area contributed by atoms with Crippen LogP contribution in [-0.4, -0.2) is 19.2 Å². The molecule has 22 heavy (non-hydrogen) atoms. The summed E-state index contributed by atoms with van der Waals surface area (Å²) in [5.74, 6) is -1.75. The van der Waals surface area contributed by atoms with Crippen LogP contribution in [0.15, 0.2) is 23.1 Å². The zero-order valence-electron chi connectivity index (χ0n) is 11.1. The van der Waals surface area contributed by atoms with Gasteiger partial charge in [-0.15, -0.1) is 0 Å². The van der Waals surface area contributed by atoms with Crippen LogP contribution >= 0.6 is 0 Å². The Kier molecular flexibility index (Phi) is 4.05. The van der Waals surface area contributed by atoms with Crippen LogP contribution in [0.4, 0.5) is 22.0 Å². The Bertz CT molecular complexity index is 699. The van der Waals surface area contributed by atoms with E-state index in [1.165, 1.54) is 0 Å². The average molecular weight is 342 g/mol. The molecule has 0 aliphatic heterocycles. The Labute approximate surface area is 123 Å². The molecule has 1 aliphatic carbocycles. The lowest BCUT2D eigenvalue weighted by molar-refractivity contribution is -0.138. The number of ketones is 1. The zero-order chi connectivity index (χ0) is 16.8. The van der Waals surface area contributed by atoms with Crippen molar-refractivity contribution in [2.45, 2.75) is 41.8 Å². The first-order chi connectivity index (χ1) is 9.96. The highest BCUT2D eigenvalue weighted by atomic mass is 32.2. The Morgan fingerprint density at radius 3 is 2.09 bits per heavy atom. The highest BCUT2D eigenvalue weighted by molar-refractivity contribution is 7.92. The third kappa shape index (κ3) is 2.99. The highest BCUT2D eigenvalue weighted by Crippen LogP contribution is 2.40. The van der Waals surface area contributed by atoms with Gasteiger partial charge < -0.3 is 0 Å². The van der Waals surface area contributed by atoms with Gasteiger partial charge in [0.2, 0.25) is 14.8 Å². The summed E-state index contributed by atoms with van der Waals surface area (Å²) >= 11 is 0. The average Bonchev–Trinajstić information content (AvgIpc) is 2.40. The summed E-state index contributed by atoms with van der Waals surface area (Å²) < 4.78 is 90.3. The van der Waals surface area contributed by atoms with E-state index < -0.39 is 50.1 Å². The smallest absolute Gasteiger partial charge is 0.300 e. The van der Waals surface area contributed by atoms with E-state index >= 15 is 0 Å². The first-order valence-electron chi connectivity index (χ1n) is 6.29. The second-order valence-corrected chi connectivity index (χ2v) is 7.31. The first kappa shape index (κ1) is 16.9. The van der Waals surface area contributed by atoms with Gasteiger partial charge in [-0.1, -0.05) is 0 Å². The molecule has 3 nitrogen and oxygen atoms in total. The van der Waals surface area contributed by atoms with Crippen molar-refractivity contribution in [3.05, 3.63) is 29.6 Å². The van der Waals surface area contributed by atoms with E-state index in [0.717, 1.165) is 0 Å². The number of carbonyl (C=O) groups excluding carboxylic acids is 1. The second kappa shape index (κ2) is 5.29. The lowest BCUT2D eigenvalue weighted by atomic mass is 9.97. The van der Waals surface area contributed by atoms with Gasteiger partial charge in [-0.2, -0.15) is 13.2 Å². The van der Waals surface area contributed by atoms with Crippen molar-refractivity contribution < 1.29 is 35.2 Å². The van der Waals surface area contributed by atoms with Crippen LogP contribution in [0.3, 0.4) is 0 Å². The van der Waals surface area contributed by atoms with E-state index in [0.29, 0.717) is 6.07 Å². The number of halogens is 5. The molecule has 0 bridgehead atoms. The summed E-state index contributed by atoms with van der Waals surface area (Å²) in [6, 6.07) is 0.687. The van der Waals surface area contributed by atoms with E-state index in [1.54, 1.807) is 0 Å². The molecule has 0 amide bonds. The molecule has 0 heterocycles. The van der Waals surface area contributed by atoms with Crippen LogP contribution in [0.2, 0.25) is 0 Å². The van der Waals surface area contributed by atoms with Gasteiger partial charge >= 0.3 is 6.18 Å². The quantitative estimate of drug-likeness (QED) is 0.774. The molecule has 0 N–H and O–H groups in total. The lowest BCUT2D eigenvalue weighted by Gasteiger charge is -2.28. The molecular weight excluding hydrogens is 331 g/mol. The van der Waals surface area contributed by atoms with Gasteiger partial charge in [0.15, 0.2) is 0 Å². The molecule has 1 aromatic carbocycles. The summed E-state index contributed by atoms with van der Waals surface area (Å²) in [6.07, 6.45) is -6.90. The maximum atomic E-state index is 14.6. The summed E-state index contributed by atoms with van der Waals surface area (Å²) in [5, 5.41) is -2.86. The van der Waals surface area contributed by atoms with Crippen LogP contribution in [0.25, 0.3) is 0 Å². The van der Waals surface area contributed by atoms with Crippen molar-refractivity contribution in [3.63, 3.8) is 0 Å². The van der Waals surface area contributed by atoms with E-state index in [-0.39, 0.29) is 30.8 Å². The number of sulfone groups is 1. The predicted octanol–water partition coefficient (Wildman–Crippen LogP) is 3.43. The third-order valence-electron chi connectivity index (χ3n) is 3.54. The molecule has 9 heteroatoms. The number of hydrogen-bond acceptors (Lipinski definition) is 3. The SMILES string of the molecule is O=C1CCC(F)(S(=O)(=O)c2cc(F)cc(C(F)(F)F)c2)CC1. The van der Waals surface area contributed by atoms with Gasteiger partial charge in [-0.25, -0.2) is 17.2 Å². The molecule has 2 rings (SSSR count). The molecule has 1 aliphatic rings. The fraction of sp³-hybridized carbons (Fsp3) is 0.462. The molecule has 122 valence electrons. The topological polar surface area (TPSA) is 51.2 Å². The summed E-state index contributed by atoms with van der Waals surface area (Å²) in [4.78, 5) is 10.0. The third-order valence-corrected chi connectivity index (χ3v) is 5.77. The van der Waals surface area contributed by atoms with Crippen molar-refractivity contribution in [1.29, 1.82) is 0 Å². The summed E-state index contributed by atoms with van der Waals surface area (Å²) in [6.45, 7) is 0. The Morgan fingerprint density at radius 2 is 1.59 bits per heavy atom. The molecule has 0 unspecified atom stereocenters. The number of alkyl halides is 4. The molecule has 0 aromatic heterocycles. The molecule has 1 fully saturated rings. The fourth-order valence-corrected chi connectivity index (χ4v) is 3.98. The minimum absolute atomic E-state index is 0.133. The maximum absolute atomic E-state index is 14.6. The van der Waals surface area contributed by atoms with E-state index in [9.17, 15) is 35.2 Å². The number of carbonyl (C=O) groups is 1. The summed E-state index contributed by atoms with van der Waals surface area (Å²) in [7, 11) is -4.85. The van der Waals surface area contributed by atoms with E-state index in [2.05, 4.69) is 0 Å². The van der Waals surface area contributed by atoms with Gasteiger partial charge in [0.1, 0.15) is 11.6 Å². The molecule has 1 aromatic rings. The van der Waals surface area contributed by atoms with Crippen molar-refractivity contribution in [2.75, 3.05) is 0 Å². The Morgan fingerprint density at radius 1 is 1.05 bits per heavy atom. The highest BCUT2D eigenvalue weighted by Gasteiger charge is 2.48. The van der Waals surface area contributed by atoms with Gasteiger partial charge in [0.25, 0.3) is 0 Å². The minimum Gasteiger partial charge on any atom is -0.300 e. The predicted molar refractivity (Wildman–Crippen MR) is 65.9 cm³/mol. The first-order valence-corrected chi connectivity index (χ1v) is 7.77. The van der Waals surface area contributed by atoms with Crippen LogP contribution in [0.5, 0.6) is 0 Å². The Balaban J connectivity index is 2.50. The standard InChI is InChI=1S/C13H11F5O3S/c14-9-5-8(13(16,17)18)6-11(7-9)22(20,21)12(15)3-1-10(19)2-4-12/h5-7H,1-4H2. The molecule has 0 spiro atoms. The number of Topliss-reactive ketones (excluding diaryl/α,β-unsaturated/α-hetero) is 1. The summed E-state index contributed by atoms with van der Waals surface area (Å²) in [5.41, 5.74) is -1.51. The van der Waals surface area contributed by atoms with Crippen LogP contribution in [-0.2, 0) is 20.8 Å². The second-order valence-electron chi connectivity index (χ2n) is 5.10. The molecular formula is C13H11F5O3S. The monoisotopic (exact) mass is 342 g/mol. The largest absolute Gasteiger partial charge is 0.416 e. The number of hydrogen-bond donors (Lipinski definition) is 0. The van der Waals surface area contributed by atoms with E-state index in [1.807, 2.05) is 0 Å². The zero-order valence-corrected chi connectivity index (χ0v) is 11.9. The van der Waals surface area contributed by atoms with Gasteiger partial charge in [0.05, 0.1) is 10.5 Å². The molecule has 0 saturated heterocycles. The lowest BCUT2D eigenvalue weighted by Crippen LogP contribution is -2.38. The van der Waals surface area contributed by atoms with Crippen molar-refractivity contribution >= 4 is 15.6 Å². The molecule has 0 radical (unpaired) electrons. The Hall–Kier alpha value is -1.51. The number of rotatable bonds is 2. The van der Waals surface area contributed by atoms with Crippen molar-refractivity contribution in [2.24, 2.45) is 0 Å². The van der Waals surface area contributed by atoms with Crippen LogP contribution in [0, 0.1) is 5.82 Å². The fourth-order valence-electron chi connectivity index (χ4n) is 2.26. The van der Waals surface area contributed by atoms with Crippen LogP contribution in [0.1, 0.15) is 31.2 Å². The van der Waals surface area contributed by atoms with Gasteiger partial charge in [-0.05, 0) is 18.2 Å². The van der Waals surface area contributed by atoms with Gasteiger partial charge in [0, 0.05) is 25.7 Å². The van der Waals surface area contributed by atoms with Crippen LogP contribution < -0.4 is 0 Å². The minimum atomic E-state index is -4.96. The van der Waals surface area contributed by atoms with Crippen molar-refractivity contribution in [3.8, 4) is 0 Å². The molecule has 1 saturated carbocycles. The van der Waals surface area contributed by atoms with Crippen molar-refractivity contribution in [1.82, 2.24) is 0 Å². The maximum Gasteiger partial charge on any atom is 0.416 e.